The van der Waals surface area contributed by atoms with E-state index in [0.717, 1.165) is 31.2 Å². The van der Waals surface area contributed by atoms with Crippen molar-refractivity contribution in [2.75, 3.05) is 11.1 Å². The molecule has 0 saturated heterocycles. The van der Waals surface area contributed by atoms with Crippen molar-refractivity contribution in [2.24, 2.45) is 0 Å². The van der Waals surface area contributed by atoms with Crippen LogP contribution in [0.1, 0.15) is 47.5 Å². The molecule has 3 rings (SSSR count). The highest BCUT2D eigenvalue weighted by Crippen LogP contribution is 2.38. The summed E-state index contributed by atoms with van der Waals surface area (Å²) in [5.41, 5.74) is 1.58. The molecular formula is C16H20N4O3S2. The van der Waals surface area contributed by atoms with Gasteiger partial charge in [0.05, 0.1) is 23.6 Å². The number of hydrogen-bond donors (Lipinski definition) is 2. The van der Waals surface area contributed by atoms with Gasteiger partial charge in [-0.3, -0.25) is 4.79 Å². The summed E-state index contributed by atoms with van der Waals surface area (Å²) < 4.78 is 5.39. The van der Waals surface area contributed by atoms with Crippen LogP contribution in [0.4, 0.5) is 5.00 Å². The fourth-order valence-corrected chi connectivity index (χ4v) is 4.58. The van der Waals surface area contributed by atoms with E-state index in [4.69, 9.17) is 4.74 Å². The lowest BCUT2D eigenvalue weighted by atomic mass is 9.95. The molecule has 134 valence electrons. The van der Waals surface area contributed by atoms with Crippen molar-refractivity contribution < 1.29 is 14.3 Å². The predicted octanol–water partition coefficient (Wildman–Crippen LogP) is 3.04. The van der Waals surface area contributed by atoms with E-state index in [0.29, 0.717) is 15.6 Å². The highest BCUT2D eigenvalue weighted by Gasteiger charge is 2.27. The summed E-state index contributed by atoms with van der Waals surface area (Å²) in [5.74, 6) is -0.327. The van der Waals surface area contributed by atoms with E-state index in [1.807, 2.05) is 13.8 Å². The number of esters is 1. The summed E-state index contributed by atoms with van der Waals surface area (Å²) in [6.07, 6.45) is 5.34. The number of anilines is 1. The Morgan fingerprint density at radius 3 is 2.92 bits per heavy atom. The number of carbonyl (C=O) groups is 2. The van der Waals surface area contributed by atoms with E-state index >= 15 is 0 Å². The topological polar surface area (TPSA) is 97.0 Å². The van der Waals surface area contributed by atoms with Gasteiger partial charge in [-0.15, -0.1) is 16.4 Å². The molecule has 2 heterocycles. The number of fused-ring (bicyclic) bond motifs is 1. The molecular weight excluding hydrogens is 360 g/mol. The van der Waals surface area contributed by atoms with Gasteiger partial charge < -0.3 is 10.1 Å². The lowest BCUT2D eigenvalue weighted by Gasteiger charge is -2.14. The molecule has 1 amide bonds. The monoisotopic (exact) mass is 380 g/mol. The average Bonchev–Trinajstić information content (AvgIpc) is 3.19. The van der Waals surface area contributed by atoms with Crippen LogP contribution >= 0.6 is 23.1 Å². The third kappa shape index (κ3) is 4.40. The zero-order chi connectivity index (χ0) is 17.8. The minimum atomic E-state index is -0.353. The minimum Gasteiger partial charge on any atom is -0.459 e. The van der Waals surface area contributed by atoms with Gasteiger partial charge in [-0.25, -0.2) is 4.79 Å². The van der Waals surface area contributed by atoms with Gasteiger partial charge in [-0.2, -0.15) is 10.3 Å². The molecule has 0 saturated carbocycles. The molecule has 0 fully saturated rings. The molecule has 7 nitrogen and oxygen atoms in total. The number of hydrogen-bond acceptors (Lipinski definition) is 7. The van der Waals surface area contributed by atoms with Crippen LogP contribution in [0.2, 0.25) is 0 Å². The van der Waals surface area contributed by atoms with Gasteiger partial charge in [-0.1, -0.05) is 11.8 Å². The maximum absolute atomic E-state index is 12.5. The molecule has 0 aliphatic heterocycles. The number of aromatic nitrogens is 3. The van der Waals surface area contributed by atoms with Crippen LogP contribution in [0.3, 0.4) is 0 Å². The van der Waals surface area contributed by atoms with E-state index in [1.165, 1.54) is 28.0 Å². The molecule has 0 unspecified atom stereocenters. The van der Waals surface area contributed by atoms with E-state index in [1.54, 1.807) is 6.20 Å². The Morgan fingerprint density at radius 2 is 2.20 bits per heavy atom. The second-order valence-electron chi connectivity index (χ2n) is 6.01. The third-order valence-corrected chi connectivity index (χ3v) is 5.82. The van der Waals surface area contributed by atoms with Crippen LogP contribution in [0, 0.1) is 0 Å². The SMILES string of the molecule is CC(C)OC(=O)c1c(NC(=O)CSc2cn[nH]n2)sc2c1CCCC2. The zero-order valence-electron chi connectivity index (χ0n) is 14.1. The first-order valence-corrected chi connectivity index (χ1v) is 9.98. The fourth-order valence-electron chi connectivity index (χ4n) is 2.71. The first-order chi connectivity index (χ1) is 12.0. The van der Waals surface area contributed by atoms with Gasteiger partial charge in [0.25, 0.3) is 0 Å². The van der Waals surface area contributed by atoms with Gasteiger partial charge in [0.15, 0.2) is 0 Å². The Morgan fingerprint density at radius 1 is 1.40 bits per heavy atom. The second-order valence-corrected chi connectivity index (χ2v) is 8.11. The highest BCUT2D eigenvalue weighted by molar-refractivity contribution is 7.99. The van der Waals surface area contributed by atoms with E-state index in [9.17, 15) is 9.59 Å². The largest absolute Gasteiger partial charge is 0.459 e. The number of aryl methyl sites for hydroxylation is 1. The molecule has 9 heteroatoms. The first kappa shape index (κ1) is 17.9. The van der Waals surface area contributed by atoms with Gasteiger partial charge in [0.2, 0.25) is 5.91 Å². The van der Waals surface area contributed by atoms with E-state index < -0.39 is 0 Å². The number of ether oxygens (including phenoxy) is 1. The van der Waals surface area contributed by atoms with Gasteiger partial charge in [0.1, 0.15) is 10.0 Å². The Balaban J connectivity index is 1.76. The van der Waals surface area contributed by atoms with Gasteiger partial charge in [0, 0.05) is 4.88 Å². The lowest BCUT2D eigenvalue weighted by Crippen LogP contribution is -2.18. The number of thioether (sulfide) groups is 1. The molecule has 1 aliphatic carbocycles. The normalized spacial score (nSPS) is 13.6. The van der Waals surface area contributed by atoms with Crippen LogP contribution in [0.15, 0.2) is 11.2 Å². The van der Waals surface area contributed by atoms with Crippen molar-refractivity contribution in [3.8, 4) is 0 Å². The van der Waals surface area contributed by atoms with E-state index in [2.05, 4.69) is 20.7 Å². The number of nitrogens with one attached hydrogen (secondary N) is 2. The number of aromatic amines is 1. The van der Waals surface area contributed by atoms with Crippen molar-refractivity contribution in [3.05, 3.63) is 22.2 Å². The summed E-state index contributed by atoms with van der Waals surface area (Å²) in [7, 11) is 0. The smallest absolute Gasteiger partial charge is 0.341 e. The molecule has 1 aliphatic rings. The number of nitrogens with zero attached hydrogens (tertiary/aromatic N) is 2. The molecule has 2 aromatic heterocycles. The molecule has 0 spiro atoms. The maximum atomic E-state index is 12.5. The molecule has 0 aromatic carbocycles. The number of thiophene rings is 1. The minimum absolute atomic E-state index is 0.176. The predicted molar refractivity (Wildman–Crippen MR) is 97.2 cm³/mol. The number of rotatable bonds is 6. The first-order valence-electron chi connectivity index (χ1n) is 8.18. The standard InChI is InChI=1S/C16H20N4O3S2/c1-9(2)23-16(22)14-10-5-3-4-6-11(10)25-15(14)18-12(21)8-24-13-7-17-20-19-13/h7,9H,3-6,8H2,1-2H3,(H,18,21)(H,17,19,20). The summed E-state index contributed by atoms with van der Waals surface area (Å²) >= 11 is 2.78. The van der Waals surface area contributed by atoms with Crippen molar-refractivity contribution in [3.63, 3.8) is 0 Å². The fraction of sp³-hybridized carbons (Fsp3) is 0.500. The molecule has 0 radical (unpaired) electrons. The van der Waals surface area contributed by atoms with Crippen LogP contribution in [0.5, 0.6) is 0 Å². The van der Waals surface area contributed by atoms with Gasteiger partial charge >= 0.3 is 5.97 Å². The van der Waals surface area contributed by atoms with Crippen LogP contribution in [0.25, 0.3) is 0 Å². The second kappa shape index (κ2) is 8.01. The summed E-state index contributed by atoms with van der Waals surface area (Å²) in [6, 6.07) is 0. The van der Waals surface area contributed by atoms with Crippen molar-refractivity contribution >= 4 is 40.0 Å². The molecule has 0 bridgehead atoms. The molecule has 25 heavy (non-hydrogen) atoms. The third-order valence-electron chi connectivity index (χ3n) is 3.72. The Bertz CT molecular complexity index is 756. The lowest BCUT2D eigenvalue weighted by molar-refractivity contribution is -0.113. The molecule has 0 atom stereocenters. The quantitative estimate of drug-likeness (QED) is 0.590. The molecule has 2 aromatic rings. The van der Waals surface area contributed by atoms with Gasteiger partial charge in [-0.05, 0) is 45.1 Å². The van der Waals surface area contributed by atoms with Crippen molar-refractivity contribution in [2.45, 2.75) is 50.7 Å². The number of amides is 1. The van der Waals surface area contributed by atoms with Crippen LogP contribution in [-0.2, 0) is 22.4 Å². The zero-order valence-corrected chi connectivity index (χ0v) is 15.8. The Hall–Kier alpha value is -1.87. The summed E-state index contributed by atoms with van der Waals surface area (Å²) in [5, 5.41) is 14.3. The van der Waals surface area contributed by atoms with Crippen LogP contribution in [-0.4, -0.2) is 39.1 Å². The van der Waals surface area contributed by atoms with E-state index in [-0.39, 0.29) is 23.7 Å². The van der Waals surface area contributed by atoms with Crippen molar-refractivity contribution in [1.29, 1.82) is 0 Å². The Kier molecular flexibility index (Phi) is 5.74. The number of carbonyl (C=O) groups excluding carboxylic acids is 2. The van der Waals surface area contributed by atoms with Crippen LogP contribution < -0.4 is 5.32 Å². The maximum Gasteiger partial charge on any atom is 0.341 e. The van der Waals surface area contributed by atoms with Crippen molar-refractivity contribution in [1.82, 2.24) is 15.4 Å². The summed E-state index contributed by atoms with van der Waals surface area (Å²) in [6.45, 7) is 3.65. The molecule has 2 N–H and O–H groups in total. The number of H-pyrrole nitrogens is 1. The highest BCUT2D eigenvalue weighted by atomic mass is 32.2. The summed E-state index contributed by atoms with van der Waals surface area (Å²) in [4.78, 5) is 26.0. The Labute approximate surface area is 153 Å². The average molecular weight is 380 g/mol.